The van der Waals surface area contributed by atoms with E-state index >= 15 is 0 Å². The molecule has 2 aromatic heterocycles. The number of nitro groups is 2. The van der Waals surface area contributed by atoms with Crippen LogP contribution in [0.2, 0.25) is 0 Å². The molecule has 0 saturated heterocycles. The molecule has 0 aliphatic rings. The summed E-state index contributed by atoms with van der Waals surface area (Å²) in [4.78, 5) is 65.1. The number of alkyl carbamates (subject to hydrolysis) is 2. The first-order valence-electron chi connectivity index (χ1n) is 12.7. The number of aromatic amines is 1. The van der Waals surface area contributed by atoms with Gasteiger partial charge in [0.25, 0.3) is 0 Å². The van der Waals surface area contributed by atoms with Gasteiger partial charge in [0.15, 0.2) is 0 Å². The van der Waals surface area contributed by atoms with E-state index in [-0.39, 0.29) is 25.3 Å². The number of rotatable bonds is 9. The first kappa shape index (κ1) is 43.6. The largest absolute Gasteiger partial charge is 0.467 e. The average molecular weight is 773 g/mol. The van der Waals surface area contributed by atoms with Gasteiger partial charge in [-0.2, -0.15) is 10.2 Å². The number of hydrogen-bond donors (Lipinski definition) is 3. The first-order chi connectivity index (χ1) is 20.7. The number of alkyl halides is 1. The third-order valence-corrected chi connectivity index (χ3v) is 5.28. The second-order valence-corrected chi connectivity index (χ2v) is 11.4. The number of aromatic nitrogens is 4. The van der Waals surface area contributed by atoms with Crippen LogP contribution >= 0.6 is 22.6 Å². The quantitative estimate of drug-likeness (QED) is 0.0825. The highest BCUT2D eigenvalue weighted by Crippen LogP contribution is 2.10. The van der Waals surface area contributed by atoms with Crippen LogP contribution in [0.1, 0.15) is 49.0 Å². The van der Waals surface area contributed by atoms with Crippen molar-refractivity contribution in [3.8, 4) is 0 Å². The lowest BCUT2D eigenvalue weighted by Crippen LogP contribution is -2.46. The number of carbonyl (C=O) groups is 4. The molecule has 21 heteroatoms. The molecule has 0 aliphatic carbocycles. The molecular weight excluding hydrogens is 731 g/mol. The lowest BCUT2D eigenvalue weighted by atomic mass is 10.2. The predicted molar refractivity (Wildman–Crippen MR) is 170 cm³/mol. The number of nitrogens with one attached hydrogen (secondary N) is 3. The fraction of sp³-hybridized carbons (Fsp3) is 0.600. The predicted octanol–water partition coefficient (Wildman–Crippen LogP) is 3.30. The molecule has 0 unspecified atom stereocenters. The molecule has 46 heavy (non-hydrogen) atoms. The second-order valence-electron chi connectivity index (χ2n) is 10.5. The van der Waals surface area contributed by atoms with E-state index in [0.717, 1.165) is 30.4 Å². The number of hydrogen-bond acceptors (Lipinski definition) is 14. The molecule has 2 rings (SSSR count). The van der Waals surface area contributed by atoms with E-state index in [1.54, 1.807) is 41.5 Å². The van der Waals surface area contributed by atoms with Gasteiger partial charge < -0.3 is 29.6 Å². The highest BCUT2D eigenvalue weighted by atomic mass is 127. The Balaban J connectivity index is 0. The first-order valence-corrected chi connectivity index (χ1v) is 14.3. The number of H-pyrrole nitrogens is 1. The van der Waals surface area contributed by atoms with Gasteiger partial charge in [0.2, 0.25) is 0 Å². The van der Waals surface area contributed by atoms with Gasteiger partial charge in [0.1, 0.15) is 41.9 Å². The topological polar surface area (TPSA) is 262 Å². The Bertz CT molecular complexity index is 1270. The van der Waals surface area contributed by atoms with E-state index in [4.69, 9.17) is 9.47 Å². The van der Waals surface area contributed by atoms with Gasteiger partial charge in [-0.05, 0) is 41.5 Å². The van der Waals surface area contributed by atoms with Crippen LogP contribution in [-0.2, 0) is 35.1 Å². The summed E-state index contributed by atoms with van der Waals surface area (Å²) in [5.41, 5.74) is -1.53. The number of ether oxygens (including phenoxy) is 4. The minimum atomic E-state index is -1.08. The molecule has 2 atom stereocenters. The van der Waals surface area contributed by atoms with Gasteiger partial charge in [-0.3, -0.25) is 30.0 Å². The average Bonchev–Trinajstić information content (AvgIpc) is 3.62. The van der Waals surface area contributed by atoms with Crippen LogP contribution in [0.25, 0.3) is 0 Å². The van der Waals surface area contributed by atoms with Gasteiger partial charge in [0, 0.05) is 4.43 Å². The van der Waals surface area contributed by atoms with Crippen LogP contribution in [0.5, 0.6) is 0 Å². The zero-order chi connectivity index (χ0) is 35.0. The summed E-state index contributed by atoms with van der Waals surface area (Å²) in [7, 11) is 2.44. The lowest BCUT2D eigenvalue weighted by molar-refractivity contribution is -0.385. The van der Waals surface area contributed by atoms with Gasteiger partial charge in [-0.15, -0.1) is 0 Å². The van der Waals surface area contributed by atoms with Crippen LogP contribution < -0.4 is 10.6 Å². The highest BCUT2D eigenvalue weighted by Gasteiger charge is 2.27. The van der Waals surface area contributed by atoms with Crippen LogP contribution in [0.15, 0.2) is 24.8 Å². The second kappa shape index (κ2) is 20.5. The van der Waals surface area contributed by atoms with Crippen molar-refractivity contribution in [3.63, 3.8) is 0 Å². The van der Waals surface area contributed by atoms with Gasteiger partial charge >= 0.3 is 35.5 Å². The Kier molecular flexibility index (Phi) is 19.4. The Hall–Kier alpha value is -4.57. The lowest BCUT2D eigenvalue weighted by Gasteiger charge is -2.22. The fourth-order valence-electron chi connectivity index (χ4n) is 2.60. The summed E-state index contributed by atoms with van der Waals surface area (Å²) in [6, 6.07) is -1.75. The van der Waals surface area contributed by atoms with Crippen molar-refractivity contribution < 1.29 is 48.0 Å². The molecule has 0 spiro atoms. The summed E-state index contributed by atoms with van der Waals surface area (Å²) in [6.07, 6.45) is 3.15. The normalized spacial score (nSPS) is 11.7. The molecule has 2 aromatic rings. The van der Waals surface area contributed by atoms with Crippen molar-refractivity contribution in [1.82, 2.24) is 30.6 Å². The Morgan fingerprint density at radius 2 is 1.35 bits per heavy atom. The minimum absolute atomic E-state index is 0. The Labute approximate surface area is 278 Å². The molecule has 260 valence electrons. The van der Waals surface area contributed by atoms with Crippen LogP contribution in [0.3, 0.4) is 0 Å². The fourth-order valence-corrected chi connectivity index (χ4v) is 3.18. The Morgan fingerprint density at radius 3 is 1.67 bits per heavy atom. The maximum atomic E-state index is 11.7. The number of halogens is 1. The van der Waals surface area contributed by atoms with E-state index < -0.39 is 57.3 Å². The van der Waals surface area contributed by atoms with Crippen molar-refractivity contribution in [2.24, 2.45) is 0 Å². The standard InChI is InChI=1S/C12H18N4O6.C9H16INO4.C3H3N3O2.CH4/c1-12(2,3)22-11(18)14-9(10(17)21-4)7-15-6-8(5-13-15)16(19)20;1-9(2,3)15-8(13)11-6(5-10)7(12)14-4;7-6(8)3-1-4-5-2-3;/h5-6,9H,7H2,1-4H3,(H,14,18);6H,5H2,1-4H3,(H,11,13);1-2H,(H,4,5);1H4/t9-;6-;;/m00../s1. The monoisotopic (exact) mass is 772 g/mol. The van der Waals surface area contributed by atoms with E-state index in [1.165, 1.54) is 13.3 Å². The van der Waals surface area contributed by atoms with Gasteiger partial charge in [-0.25, -0.2) is 19.2 Å². The molecule has 3 N–H and O–H groups in total. The van der Waals surface area contributed by atoms with Crippen LogP contribution in [0.4, 0.5) is 21.0 Å². The molecule has 0 aromatic carbocycles. The van der Waals surface area contributed by atoms with E-state index in [2.05, 4.69) is 35.4 Å². The van der Waals surface area contributed by atoms with Gasteiger partial charge in [0.05, 0.1) is 36.8 Å². The van der Waals surface area contributed by atoms with E-state index in [1.807, 2.05) is 22.6 Å². The molecule has 0 radical (unpaired) electrons. The van der Waals surface area contributed by atoms with Crippen LogP contribution in [-0.4, -0.2) is 95.9 Å². The summed E-state index contributed by atoms with van der Waals surface area (Å²) in [5, 5.41) is 34.6. The molecule has 0 bridgehead atoms. The molecule has 0 aliphatic heterocycles. The number of carbonyl (C=O) groups excluding carboxylic acids is 4. The molecule has 20 nitrogen and oxygen atoms in total. The maximum Gasteiger partial charge on any atom is 0.408 e. The summed E-state index contributed by atoms with van der Waals surface area (Å²) >= 11 is 1.99. The zero-order valence-electron chi connectivity index (χ0n) is 25.9. The minimum Gasteiger partial charge on any atom is -0.467 e. The molecule has 0 saturated carbocycles. The third kappa shape index (κ3) is 19.0. The summed E-state index contributed by atoms with van der Waals surface area (Å²) < 4.78 is 20.8. The van der Waals surface area contributed by atoms with Crippen molar-refractivity contribution >= 4 is 58.1 Å². The smallest absolute Gasteiger partial charge is 0.408 e. The van der Waals surface area contributed by atoms with Gasteiger partial charge in [-0.1, -0.05) is 30.0 Å². The number of methoxy groups -OCH3 is 2. The van der Waals surface area contributed by atoms with Crippen molar-refractivity contribution in [2.75, 3.05) is 18.6 Å². The number of nitrogens with zero attached hydrogens (tertiary/aromatic N) is 5. The van der Waals surface area contributed by atoms with E-state index in [9.17, 15) is 39.4 Å². The van der Waals surface area contributed by atoms with E-state index in [0.29, 0.717) is 4.43 Å². The molecular formula is C25H41IN8O12. The molecule has 0 fully saturated rings. The summed E-state index contributed by atoms with van der Waals surface area (Å²) in [6.45, 7) is 10.2. The van der Waals surface area contributed by atoms with Crippen molar-refractivity contribution in [1.29, 1.82) is 0 Å². The molecule has 2 amide bonds. The highest BCUT2D eigenvalue weighted by molar-refractivity contribution is 14.1. The van der Waals surface area contributed by atoms with Crippen molar-refractivity contribution in [3.05, 3.63) is 45.0 Å². The zero-order valence-corrected chi connectivity index (χ0v) is 28.0. The number of amides is 2. The SMILES string of the molecule is C.COC(=O)[C@H](CI)NC(=O)OC(C)(C)C.COC(=O)[C@H](Cn1cc([N+](=O)[O-])cn1)NC(=O)OC(C)(C)C.O=[N+]([O-])c1cn[nH]c1. The molecule has 2 heterocycles. The summed E-state index contributed by atoms with van der Waals surface area (Å²) in [5.74, 6) is -1.20. The van der Waals surface area contributed by atoms with Crippen molar-refractivity contribution in [2.45, 2.75) is 78.8 Å². The van der Waals surface area contributed by atoms with Crippen LogP contribution in [0, 0.1) is 20.2 Å². The third-order valence-electron chi connectivity index (χ3n) is 4.40. The Morgan fingerprint density at radius 1 is 0.891 bits per heavy atom. The maximum absolute atomic E-state index is 11.7. The number of esters is 2.